The number of nitro groups is 1. The Morgan fingerprint density at radius 2 is 2.42 bits per heavy atom. The van der Waals surface area contributed by atoms with Gasteiger partial charge in [0.15, 0.2) is 5.82 Å². The predicted octanol–water partition coefficient (Wildman–Crippen LogP) is 1.37. The SMILES string of the molecule is O=[N+]([O-])c1ccc(-c2nc(C3COCCN3)no2)s1. The van der Waals surface area contributed by atoms with E-state index in [-0.39, 0.29) is 11.0 Å². The fourth-order valence-corrected chi connectivity index (χ4v) is 2.49. The molecule has 8 nitrogen and oxygen atoms in total. The molecule has 2 aromatic rings. The van der Waals surface area contributed by atoms with Crippen molar-refractivity contribution in [3.63, 3.8) is 0 Å². The van der Waals surface area contributed by atoms with Gasteiger partial charge in [-0.1, -0.05) is 16.5 Å². The highest BCUT2D eigenvalue weighted by Gasteiger charge is 2.22. The summed E-state index contributed by atoms with van der Waals surface area (Å²) < 4.78 is 10.4. The first-order chi connectivity index (χ1) is 9.24. The van der Waals surface area contributed by atoms with Crippen LogP contribution >= 0.6 is 11.3 Å². The number of aromatic nitrogens is 2. The van der Waals surface area contributed by atoms with Gasteiger partial charge in [-0.3, -0.25) is 10.1 Å². The summed E-state index contributed by atoms with van der Waals surface area (Å²) in [5, 5.41) is 17.8. The van der Waals surface area contributed by atoms with Crippen molar-refractivity contribution in [3.8, 4) is 10.8 Å². The molecule has 100 valence electrons. The molecule has 3 heterocycles. The summed E-state index contributed by atoms with van der Waals surface area (Å²) in [6, 6.07) is 2.93. The molecule has 0 saturated carbocycles. The summed E-state index contributed by atoms with van der Waals surface area (Å²) in [6.07, 6.45) is 0. The normalized spacial score (nSPS) is 19.5. The molecular formula is C10H10N4O4S. The van der Waals surface area contributed by atoms with Crippen LogP contribution in [0.3, 0.4) is 0 Å². The number of hydrogen-bond donors (Lipinski definition) is 1. The van der Waals surface area contributed by atoms with Crippen LogP contribution in [-0.4, -0.2) is 34.8 Å². The van der Waals surface area contributed by atoms with Crippen molar-refractivity contribution in [1.82, 2.24) is 15.5 Å². The molecule has 1 saturated heterocycles. The van der Waals surface area contributed by atoms with Gasteiger partial charge >= 0.3 is 5.00 Å². The van der Waals surface area contributed by atoms with Gasteiger partial charge < -0.3 is 14.6 Å². The average Bonchev–Trinajstić information content (AvgIpc) is 3.09. The Morgan fingerprint density at radius 3 is 3.11 bits per heavy atom. The molecule has 9 heteroatoms. The lowest BCUT2D eigenvalue weighted by Gasteiger charge is -2.20. The minimum absolute atomic E-state index is 0.0499. The summed E-state index contributed by atoms with van der Waals surface area (Å²) in [6.45, 7) is 1.89. The standard InChI is InChI=1S/C10H10N4O4S/c15-14(16)8-2-1-7(19-8)10-12-9(13-18-10)6-5-17-4-3-11-6/h1-2,6,11H,3-5H2. The highest BCUT2D eigenvalue weighted by molar-refractivity contribution is 7.18. The van der Waals surface area contributed by atoms with Gasteiger partial charge in [0.1, 0.15) is 0 Å². The van der Waals surface area contributed by atoms with Crippen molar-refractivity contribution in [2.75, 3.05) is 19.8 Å². The fourth-order valence-electron chi connectivity index (χ4n) is 1.75. The van der Waals surface area contributed by atoms with E-state index in [1.807, 2.05) is 0 Å². The molecule has 3 rings (SSSR count). The largest absolute Gasteiger partial charge is 0.378 e. The lowest BCUT2D eigenvalue weighted by molar-refractivity contribution is -0.380. The quantitative estimate of drug-likeness (QED) is 0.669. The number of thiophene rings is 1. The predicted molar refractivity (Wildman–Crippen MR) is 65.8 cm³/mol. The van der Waals surface area contributed by atoms with Crippen LogP contribution in [0.1, 0.15) is 11.9 Å². The van der Waals surface area contributed by atoms with Crippen LogP contribution in [-0.2, 0) is 4.74 Å². The zero-order chi connectivity index (χ0) is 13.2. The Kier molecular flexibility index (Phi) is 3.23. The van der Waals surface area contributed by atoms with Gasteiger partial charge in [-0.25, -0.2) is 0 Å². The molecule has 1 atom stereocenters. The monoisotopic (exact) mass is 282 g/mol. The molecule has 1 N–H and O–H groups in total. The Morgan fingerprint density at radius 1 is 1.53 bits per heavy atom. The van der Waals surface area contributed by atoms with E-state index >= 15 is 0 Å². The van der Waals surface area contributed by atoms with Gasteiger partial charge in [-0.2, -0.15) is 4.98 Å². The van der Waals surface area contributed by atoms with Gasteiger partial charge in [-0.05, 0) is 6.07 Å². The second kappa shape index (κ2) is 5.03. The Bertz CT molecular complexity index is 590. The van der Waals surface area contributed by atoms with Gasteiger partial charge in [0.2, 0.25) is 0 Å². The van der Waals surface area contributed by atoms with Crippen molar-refractivity contribution < 1.29 is 14.2 Å². The molecule has 0 amide bonds. The summed E-state index contributed by atoms with van der Waals surface area (Å²) in [5.41, 5.74) is 0. The van der Waals surface area contributed by atoms with Crippen LogP contribution in [0, 0.1) is 10.1 Å². The van der Waals surface area contributed by atoms with Crippen molar-refractivity contribution in [3.05, 3.63) is 28.1 Å². The third-order valence-corrected chi connectivity index (χ3v) is 3.68. The molecule has 0 radical (unpaired) electrons. The van der Waals surface area contributed by atoms with Crippen molar-refractivity contribution in [2.45, 2.75) is 6.04 Å². The van der Waals surface area contributed by atoms with E-state index in [9.17, 15) is 10.1 Å². The summed E-state index contributed by atoms with van der Waals surface area (Å²) in [4.78, 5) is 15.0. The van der Waals surface area contributed by atoms with Crippen LogP contribution < -0.4 is 5.32 Å². The number of rotatable bonds is 3. The molecule has 1 aliphatic heterocycles. The molecular weight excluding hydrogens is 272 g/mol. The van der Waals surface area contributed by atoms with Gasteiger partial charge in [0.25, 0.3) is 5.89 Å². The summed E-state index contributed by atoms with van der Waals surface area (Å²) in [5.74, 6) is 0.797. The summed E-state index contributed by atoms with van der Waals surface area (Å²) >= 11 is 1.01. The van der Waals surface area contributed by atoms with Gasteiger partial charge in [0.05, 0.1) is 29.1 Å². The highest BCUT2D eigenvalue weighted by Crippen LogP contribution is 2.32. The zero-order valence-corrected chi connectivity index (χ0v) is 10.6. The summed E-state index contributed by atoms with van der Waals surface area (Å²) in [7, 11) is 0. The number of ether oxygens (including phenoxy) is 1. The number of nitrogens with one attached hydrogen (secondary N) is 1. The molecule has 0 spiro atoms. The average molecular weight is 282 g/mol. The molecule has 19 heavy (non-hydrogen) atoms. The minimum atomic E-state index is -0.442. The lowest BCUT2D eigenvalue weighted by atomic mass is 10.2. The van der Waals surface area contributed by atoms with Crippen molar-refractivity contribution >= 4 is 16.3 Å². The first-order valence-electron chi connectivity index (χ1n) is 5.63. The molecule has 1 fully saturated rings. The van der Waals surface area contributed by atoms with E-state index in [0.29, 0.717) is 29.8 Å². The Hall–Kier alpha value is -1.84. The van der Waals surface area contributed by atoms with Crippen LogP contribution in [0.4, 0.5) is 5.00 Å². The highest BCUT2D eigenvalue weighted by atomic mass is 32.1. The third-order valence-electron chi connectivity index (χ3n) is 2.66. The number of morpholine rings is 1. The molecule has 0 bridgehead atoms. The minimum Gasteiger partial charge on any atom is -0.378 e. The molecule has 1 unspecified atom stereocenters. The first kappa shape index (κ1) is 12.2. The molecule has 2 aromatic heterocycles. The Balaban J connectivity index is 1.81. The third kappa shape index (κ3) is 2.48. The lowest BCUT2D eigenvalue weighted by Crippen LogP contribution is -2.35. The first-order valence-corrected chi connectivity index (χ1v) is 6.45. The fraction of sp³-hybridized carbons (Fsp3) is 0.400. The Labute approximate surface area is 111 Å². The molecule has 0 aromatic carbocycles. The van der Waals surface area contributed by atoms with E-state index in [0.717, 1.165) is 17.9 Å². The van der Waals surface area contributed by atoms with E-state index < -0.39 is 4.92 Å². The smallest absolute Gasteiger partial charge is 0.324 e. The van der Waals surface area contributed by atoms with Crippen LogP contribution in [0.25, 0.3) is 10.8 Å². The maximum atomic E-state index is 10.6. The van der Waals surface area contributed by atoms with Crippen molar-refractivity contribution in [2.24, 2.45) is 0 Å². The van der Waals surface area contributed by atoms with Crippen molar-refractivity contribution in [1.29, 1.82) is 0 Å². The second-order valence-electron chi connectivity index (χ2n) is 3.93. The van der Waals surface area contributed by atoms with Crippen LogP contribution in [0.2, 0.25) is 0 Å². The topological polar surface area (TPSA) is 103 Å². The second-order valence-corrected chi connectivity index (χ2v) is 5.00. The number of nitrogens with zero attached hydrogens (tertiary/aromatic N) is 3. The van der Waals surface area contributed by atoms with E-state index in [4.69, 9.17) is 9.26 Å². The van der Waals surface area contributed by atoms with Crippen LogP contribution in [0.15, 0.2) is 16.7 Å². The maximum absolute atomic E-state index is 10.6. The van der Waals surface area contributed by atoms with Gasteiger partial charge in [-0.15, -0.1) is 0 Å². The van der Waals surface area contributed by atoms with E-state index in [1.165, 1.54) is 6.07 Å². The van der Waals surface area contributed by atoms with Crippen LogP contribution in [0.5, 0.6) is 0 Å². The number of hydrogen-bond acceptors (Lipinski definition) is 8. The van der Waals surface area contributed by atoms with E-state index in [1.54, 1.807) is 6.07 Å². The van der Waals surface area contributed by atoms with E-state index in [2.05, 4.69) is 15.5 Å². The molecule has 1 aliphatic rings. The maximum Gasteiger partial charge on any atom is 0.324 e. The zero-order valence-electron chi connectivity index (χ0n) is 9.74. The molecule has 0 aliphatic carbocycles. The van der Waals surface area contributed by atoms with Gasteiger partial charge in [0, 0.05) is 12.6 Å².